The first kappa shape index (κ1) is 9.67. The monoisotopic (exact) mass is 200 g/mol. The second-order valence-electron chi connectivity index (χ2n) is 2.46. The Morgan fingerprint density at radius 1 is 1.54 bits per heavy atom. The smallest absolute Gasteiger partial charge is 0.404 e. The maximum atomic E-state index is 10.3. The van der Waals surface area contributed by atoms with Gasteiger partial charge in [-0.1, -0.05) is 11.6 Å². The van der Waals surface area contributed by atoms with E-state index >= 15 is 0 Å². The Morgan fingerprint density at radius 3 is 2.85 bits per heavy atom. The van der Waals surface area contributed by atoms with Crippen molar-refractivity contribution in [3.8, 4) is 0 Å². The van der Waals surface area contributed by atoms with Gasteiger partial charge in [0, 0.05) is 16.3 Å². The largest absolute Gasteiger partial charge is 0.445 e. The van der Waals surface area contributed by atoms with Crippen LogP contribution >= 0.6 is 11.6 Å². The van der Waals surface area contributed by atoms with Crippen molar-refractivity contribution < 1.29 is 9.53 Å². The predicted molar refractivity (Wildman–Crippen MR) is 50.2 cm³/mol. The Morgan fingerprint density at radius 2 is 2.23 bits per heavy atom. The van der Waals surface area contributed by atoms with Crippen LogP contribution in [0.15, 0.2) is 18.2 Å². The number of nitrogens with two attached hydrogens (primary N) is 2. The molecule has 1 aromatic carbocycles. The number of amides is 1. The molecule has 0 saturated heterocycles. The van der Waals surface area contributed by atoms with Gasteiger partial charge < -0.3 is 16.2 Å². The molecular formula is C8H9ClN2O2. The molecule has 0 aliphatic heterocycles. The highest BCUT2D eigenvalue weighted by atomic mass is 35.5. The summed E-state index contributed by atoms with van der Waals surface area (Å²) in [6.45, 7) is 0.0409. The molecule has 0 fully saturated rings. The molecule has 1 rings (SSSR count). The van der Waals surface area contributed by atoms with Crippen molar-refractivity contribution in [1.29, 1.82) is 0 Å². The molecular weight excluding hydrogens is 192 g/mol. The van der Waals surface area contributed by atoms with Crippen LogP contribution in [0.2, 0.25) is 5.02 Å². The number of hydrogen-bond donors (Lipinski definition) is 2. The zero-order valence-electron chi connectivity index (χ0n) is 6.79. The summed E-state index contributed by atoms with van der Waals surface area (Å²) in [5, 5.41) is 0.496. The molecule has 5 heteroatoms. The van der Waals surface area contributed by atoms with Crippen molar-refractivity contribution >= 4 is 23.4 Å². The summed E-state index contributed by atoms with van der Waals surface area (Å²) in [7, 11) is 0. The van der Waals surface area contributed by atoms with E-state index in [0.29, 0.717) is 16.3 Å². The van der Waals surface area contributed by atoms with Gasteiger partial charge in [0.05, 0.1) is 0 Å². The van der Waals surface area contributed by atoms with E-state index in [0.717, 1.165) is 0 Å². The molecule has 1 amide bonds. The van der Waals surface area contributed by atoms with Crippen LogP contribution < -0.4 is 11.5 Å². The summed E-state index contributed by atoms with van der Waals surface area (Å²) in [5.74, 6) is 0. The van der Waals surface area contributed by atoms with Gasteiger partial charge in [0.15, 0.2) is 0 Å². The van der Waals surface area contributed by atoms with E-state index in [1.807, 2.05) is 0 Å². The van der Waals surface area contributed by atoms with Crippen LogP contribution in [-0.4, -0.2) is 6.09 Å². The molecule has 0 saturated carbocycles. The summed E-state index contributed by atoms with van der Waals surface area (Å²) in [6.07, 6.45) is -0.835. The highest BCUT2D eigenvalue weighted by Gasteiger charge is 2.02. The number of benzene rings is 1. The minimum Gasteiger partial charge on any atom is -0.445 e. The van der Waals surface area contributed by atoms with Crippen molar-refractivity contribution in [2.45, 2.75) is 6.61 Å². The van der Waals surface area contributed by atoms with Crippen molar-refractivity contribution in [1.82, 2.24) is 0 Å². The molecule has 70 valence electrons. The Balaban J connectivity index is 2.75. The molecule has 0 aliphatic rings. The highest BCUT2D eigenvalue weighted by molar-refractivity contribution is 6.31. The number of anilines is 1. The van der Waals surface area contributed by atoms with E-state index in [9.17, 15) is 4.79 Å². The Labute approximate surface area is 80.4 Å². The first-order chi connectivity index (χ1) is 6.09. The van der Waals surface area contributed by atoms with Crippen LogP contribution in [0.1, 0.15) is 5.56 Å². The maximum Gasteiger partial charge on any atom is 0.404 e. The minimum absolute atomic E-state index is 0.0409. The summed E-state index contributed by atoms with van der Waals surface area (Å²) in [6, 6.07) is 4.93. The molecule has 13 heavy (non-hydrogen) atoms. The molecule has 0 unspecified atom stereocenters. The van der Waals surface area contributed by atoms with Crippen molar-refractivity contribution in [2.24, 2.45) is 5.73 Å². The molecule has 0 aliphatic carbocycles. The number of halogens is 1. The van der Waals surface area contributed by atoms with Crippen LogP contribution in [0.25, 0.3) is 0 Å². The molecule has 0 aromatic heterocycles. The van der Waals surface area contributed by atoms with Gasteiger partial charge in [-0.3, -0.25) is 0 Å². The summed E-state index contributed by atoms with van der Waals surface area (Å²) in [4.78, 5) is 10.3. The fourth-order valence-corrected chi connectivity index (χ4v) is 1.03. The van der Waals surface area contributed by atoms with Crippen LogP contribution in [0.5, 0.6) is 0 Å². The van der Waals surface area contributed by atoms with Gasteiger partial charge in [-0.25, -0.2) is 4.79 Å². The van der Waals surface area contributed by atoms with E-state index in [1.54, 1.807) is 18.2 Å². The van der Waals surface area contributed by atoms with Gasteiger partial charge in [0.25, 0.3) is 0 Å². The first-order valence-corrected chi connectivity index (χ1v) is 3.93. The normalized spacial score (nSPS) is 9.62. The number of hydrogen-bond acceptors (Lipinski definition) is 3. The van der Waals surface area contributed by atoms with Crippen molar-refractivity contribution in [3.05, 3.63) is 28.8 Å². The Bertz CT molecular complexity index is 328. The lowest BCUT2D eigenvalue weighted by atomic mass is 10.2. The number of primary amides is 1. The van der Waals surface area contributed by atoms with Crippen LogP contribution in [0.3, 0.4) is 0 Å². The number of carbonyl (C=O) groups is 1. The van der Waals surface area contributed by atoms with E-state index in [4.69, 9.17) is 23.1 Å². The number of ether oxygens (including phenoxy) is 1. The van der Waals surface area contributed by atoms with E-state index in [-0.39, 0.29) is 6.61 Å². The lowest BCUT2D eigenvalue weighted by molar-refractivity contribution is 0.150. The van der Waals surface area contributed by atoms with Crippen molar-refractivity contribution in [2.75, 3.05) is 5.73 Å². The number of rotatable bonds is 2. The van der Waals surface area contributed by atoms with Gasteiger partial charge in [-0.15, -0.1) is 0 Å². The highest BCUT2D eigenvalue weighted by Crippen LogP contribution is 2.19. The molecule has 4 nitrogen and oxygen atoms in total. The van der Waals surface area contributed by atoms with Gasteiger partial charge in [0.1, 0.15) is 6.61 Å². The van der Waals surface area contributed by atoms with Gasteiger partial charge in [0.2, 0.25) is 0 Å². The third-order valence-corrected chi connectivity index (χ3v) is 1.81. The van der Waals surface area contributed by atoms with Crippen LogP contribution in [0, 0.1) is 0 Å². The standard InChI is InChI=1S/C8H9ClN2O2/c9-7-2-1-6(10)3-5(7)4-13-8(11)12/h1-3H,4,10H2,(H2,11,12). The fraction of sp³-hybridized carbons (Fsp3) is 0.125. The number of nitrogen functional groups attached to an aromatic ring is 1. The van der Waals surface area contributed by atoms with Crippen molar-refractivity contribution in [3.63, 3.8) is 0 Å². The average molecular weight is 201 g/mol. The summed E-state index contributed by atoms with van der Waals surface area (Å²) >= 11 is 5.79. The second kappa shape index (κ2) is 4.00. The molecule has 0 heterocycles. The van der Waals surface area contributed by atoms with E-state index in [1.165, 1.54) is 0 Å². The second-order valence-corrected chi connectivity index (χ2v) is 2.87. The fourth-order valence-electron chi connectivity index (χ4n) is 0.854. The molecule has 0 bridgehead atoms. The summed E-state index contributed by atoms with van der Waals surface area (Å²) < 4.78 is 4.56. The molecule has 0 radical (unpaired) electrons. The zero-order valence-corrected chi connectivity index (χ0v) is 7.54. The third-order valence-electron chi connectivity index (χ3n) is 1.44. The lowest BCUT2D eigenvalue weighted by Gasteiger charge is -2.04. The zero-order chi connectivity index (χ0) is 9.84. The van der Waals surface area contributed by atoms with Crippen LogP contribution in [0.4, 0.5) is 10.5 Å². The first-order valence-electron chi connectivity index (χ1n) is 3.55. The van der Waals surface area contributed by atoms with E-state index in [2.05, 4.69) is 4.74 Å². The molecule has 0 atom stereocenters. The molecule has 0 spiro atoms. The third kappa shape index (κ3) is 2.83. The van der Waals surface area contributed by atoms with Gasteiger partial charge >= 0.3 is 6.09 Å². The molecule has 4 N–H and O–H groups in total. The number of carbonyl (C=O) groups excluding carboxylic acids is 1. The van der Waals surface area contributed by atoms with Gasteiger partial charge in [-0.2, -0.15) is 0 Å². The topological polar surface area (TPSA) is 78.3 Å². The SMILES string of the molecule is NC(=O)OCc1cc(N)ccc1Cl. The molecule has 1 aromatic rings. The van der Waals surface area contributed by atoms with E-state index < -0.39 is 6.09 Å². The predicted octanol–water partition coefficient (Wildman–Crippen LogP) is 1.52. The quantitative estimate of drug-likeness (QED) is 0.711. The maximum absolute atomic E-state index is 10.3. The van der Waals surface area contributed by atoms with Gasteiger partial charge in [-0.05, 0) is 18.2 Å². The van der Waals surface area contributed by atoms with Crippen LogP contribution in [-0.2, 0) is 11.3 Å². The minimum atomic E-state index is -0.835. The lowest BCUT2D eigenvalue weighted by Crippen LogP contribution is -2.12. The average Bonchev–Trinajstić information content (AvgIpc) is 2.06. The Hall–Kier alpha value is -1.42. The Kier molecular flexibility index (Phi) is 2.97. The summed E-state index contributed by atoms with van der Waals surface area (Å²) in [5.41, 5.74) is 11.5.